The van der Waals surface area contributed by atoms with Gasteiger partial charge in [0, 0.05) is 39.1 Å². The fraction of sp³-hybridized carbons (Fsp3) is 0.412. The molecule has 24 heavy (non-hydrogen) atoms. The van der Waals surface area contributed by atoms with Gasteiger partial charge in [-0.15, -0.1) is 0 Å². The van der Waals surface area contributed by atoms with Crippen LogP contribution < -0.4 is 4.90 Å². The quantitative estimate of drug-likeness (QED) is 0.817. The molecule has 0 saturated carbocycles. The zero-order chi connectivity index (χ0) is 16.8. The number of nitrogens with zero attached hydrogens (tertiary/aromatic N) is 5. The molecule has 7 nitrogen and oxygen atoms in total. The van der Waals surface area contributed by atoms with E-state index in [1.165, 1.54) is 5.56 Å². The lowest BCUT2D eigenvalue weighted by Crippen LogP contribution is -2.41. The van der Waals surface area contributed by atoms with Gasteiger partial charge in [0.2, 0.25) is 0 Å². The molecule has 3 heterocycles. The van der Waals surface area contributed by atoms with Crippen LogP contribution in [0.5, 0.6) is 0 Å². The molecular formula is C17H21N5O2. The highest BCUT2D eigenvalue weighted by Gasteiger charge is 2.20. The van der Waals surface area contributed by atoms with Crippen LogP contribution in [0.25, 0.3) is 0 Å². The van der Waals surface area contributed by atoms with Crippen molar-refractivity contribution in [1.82, 2.24) is 19.9 Å². The van der Waals surface area contributed by atoms with Crippen LogP contribution in [0.3, 0.4) is 0 Å². The third kappa shape index (κ3) is 4.05. The summed E-state index contributed by atoms with van der Waals surface area (Å²) in [5, 5.41) is 0. The van der Waals surface area contributed by atoms with E-state index < -0.39 is 0 Å². The van der Waals surface area contributed by atoms with E-state index in [1.54, 1.807) is 29.7 Å². The van der Waals surface area contributed by atoms with Crippen LogP contribution in [0.1, 0.15) is 16.1 Å². The summed E-state index contributed by atoms with van der Waals surface area (Å²) in [4.78, 5) is 28.8. The predicted octanol–water partition coefficient (Wildman–Crippen LogP) is 1.02. The Morgan fingerprint density at radius 3 is 2.62 bits per heavy atom. The molecule has 1 amide bonds. The molecule has 1 saturated heterocycles. The molecule has 0 spiro atoms. The minimum Gasteiger partial charge on any atom is -0.378 e. The summed E-state index contributed by atoms with van der Waals surface area (Å²) in [5.41, 5.74) is 1.60. The second-order valence-corrected chi connectivity index (χ2v) is 5.69. The van der Waals surface area contributed by atoms with Crippen LogP contribution >= 0.6 is 0 Å². The van der Waals surface area contributed by atoms with Crippen LogP contribution in [-0.4, -0.2) is 65.7 Å². The number of ether oxygens (including phenoxy) is 1. The number of anilines is 1. The first-order chi connectivity index (χ1) is 11.7. The first-order valence-electron chi connectivity index (χ1n) is 8.03. The molecule has 0 atom stereocenters. The summed E-state index contributed by atoms with van der Waals surface area (Å²) >= 11 is 0. The van der Waals surface area contributed by atoms with Crippen molar-refractivity contribution in [3.63, 3.8) is 0 Å². The van der Waals surface area contributed by atoms with Crippen molar-refractivity contribution in [3.8, 4) is 0 Å². The van der Waals surface area contributed by atoms with Crippen LogP contribution in [0.4, 0.5) is 5.82 Å². The lowest BCUT2D eigenvalue weighted by molar-refractivity contribution is 0.0298. The van der Waals surface area contributed by atoms with E-state index in [1.807, 2.05) is 24.1 Å². The van der Waals surface area contributed by atoms with E-state index >= 15 is 0 Å². The second kappa shape index (κ2) is 7.83. The molecule has 2 aromatic heterocycles. The van der Waals surface area contributed by atoms with Crippen molar-refractivity contribution in [2.24, 2.45) is 0 Å². The normalized spacial score (nSPS) is 14.5. The Morgan fingerprint density at radius 1 is 1.21 bits per heavy atom. The molecule has 0 unspecified atom stereocenters. The Bertz CT molecular complexity index is 656. The van der Waals surface area contributed by atoms with Crippen molar-refractivity contribution < 1.29 is 9.53 Å². The average Bonchev–Trinajstić information content (AvgIpc) is 2.67. The molecule has 1 aliphatic heterocycles. The van der Waals surface area contributed by atoms with Crippen LogP contribution in [0, 0.1) is 0 Å². The van der Waals surface area contributed by atoms with E-state index in [0.717, 1.165) is 18.8 Å². The fourth-order valence-corrected chi connectivity index (χ4v) is 2.52. The zero-order valence-electron chi connectivity index (χ0n) is 13.8. The largest absolute Gasteiger partial charge is 0.378 e. The molecule has 7 heteroatoms. The van der Waals surface area contributed by atoms with Gasteiger partial charge in [0.25, 0.3) is 5.91 Å². The Morgan fingerprint density at radius 2 is 1.96 bits per heavy atom. The van der Waals surface area contributed by atoms with Gasteiger partial charge >= 0.3 is 0 Å². The maximum absolute atomic E-state index is 12.3. The lowest BCUT2D eigenvalue weighted by Gasteiger charge is -2.26. The highest BCUT2D eigenvalue weighted by molar-refractivity contribution is 5.92. The smallest absolute Gasteiger partial charge is 0.274 e. The molecule has 0 radical (unpaired) electrons. The Kier molecular flexibility index (Phi) is 5.32. The van der Waals surface area contributed by atoms with Gasteiger partial charge in [-0.1, -0.05) is 0 Å². The summed E-state index contributed by atoms with van der Waals surface area (Å²) in [5.74, 6) is 0.666. The third-order valence-electron chi connectivity index (χ3n) is 4.03. The van der Waals surface area contributed by atoms with E-state index in [2.05, 4.69) is 15.0 Å². The number of hydrogen-bond acceptors (Lipinski definition) is 6. The monoisotopic (exact) mass is 327 g/mol. The number of aromatic nitrogens is 3. The Hall–Kier alpha value is -2.54. The maximum Gasteiger partial charge on any atom is 0.274 e. The number of rotatable bonds is 5. The number of amides is 1. The first-order valence-corrected chi connectivity index (χ1v) is 8.03. The number of likely N-dealkylation sites (N-methyl/N-ethyl adjacent to an activating group) is 1. The van der Waals surface area contributed by atoms with Gasteiger partial charge in [-0.25, -0.2) is 9.97 Å². The predicted molar refractivity (Wildman–Crippen MR) is 90.0 cm³/mol. The number of carbonyl (C=O) groups is 1. The van der Waals surface area contributed by atoms with Crippen LogP contribution in [0.15, 0.2) is 36.9 Å². The summed E-state index contributed by atoms with van der Waals surface area (Å²) in [6, 6.07) is 4.01. The first kappa shape index (κ1) is 16.3. The molecule has 1 fully saturated rings. The van der Waals surface area contributed by atoms with E-state index in [4.69, 9.17) is 4.74 Å². The van der Waals surface area contributed by atoms with Gasteiger partial charge in [0.15, 0.2) is 0 Å². The number of morpholine rings is 1. The van der Waals surface area contributed by atoms with Crippen molar-refractivity contribution in [2.75, 3.05) is 44.8 Å². The highest BCUT2D eigenvalue weighted by Crippen LogP contribution is 2.10. The van der Waals surface area contributed by atoms with Gasteiger partial charge in [-0.05, 0) is 24.1 Å². The van der Waals surface area contributed by atoms with E-state index in [9.17, 15) is 4.79 Å². The molecule has 2 aromatic rings. The fourth-order valence-electron chi connectivity index (χ4n) is 2.52. The summed E-state index contributed by atoms with van der Waals surface area (Å²) < 4.78 is 5.26. The topological polar surface area (TPSA) is 71.5 Å². The zero-order valence-corrected chi connectivity index (χ0v) is 13.8. The molecule has 1 aliphatic rings. The Balaban J connectivity index is 1.58. The van der Waals surface area contributed by atoms with Crippen molar-refractivity contribution >= 4 is 11.7 Å². The summed E-state index contributed by atoms with van der Waals surface area (Å²) in [7, 11) is 1.97. The molecule has 0 N–H and O–H groups in total. The van der Waals surface area contributed by atoms with Crippen molar-refractivity contribution in [1.29, 1.82) is 0 Å². The minimum atomic E-state index is -0.0863. The standard InChI is InChI=1S/C17H21N5O2/c1-21(7-4-14-2-5-18-6-3-14)16-13-19-15(12-20-16)17(23)22-8-10-24-11-9-22/h2-3,5-6,12-13H,4,7-11H2,1H3. The number of pyridine rings is 1. The second-order valence-electron chi connectivity index (χ2n) is 5.69. The van der Waals surface area contributed by atoms with Crippen LogP contribution in [-0.2, 0) is 11.2 Å². The maximum atomic E-state index is 12.3. The molecule has 0 aliphatic carbocycles. The van der Waals surface area contributed by atoms with Gasteiger partial charge < -0.3 is 14.5 Å². The lowest BCUT2D eigenvalue weighted by atomic mass is 10.2. The van der Waals surface area contributed by atoms with Gasteiger partial charge in [0.05, 0.1) is 25.6 Å². The molecule has 126 valence electrons. The summed E-state index contributed by atoms with van der Waals surface area (Å²) in [6.07, 6.45) is 7.69. The van der Waals surface area contributed by atoms with Crippen LogP contribution in [0.2, 0.25) is 0 Å². The van der Waals surface area contributed by atoms with Gasteiger partial charge in [0.1, 0.15) is 11.5 Å². The summed E-state index contributed by atoms with van der Waals surface area (Å²) in [6.45, 7) is 3.18. The molecular weight excluding hydrogens is 306 g/mol. The molecule has 0 bridgehead atoms. The van der Waals surface area contributed by atoms with Gasteiger partial charge in [-0.2, -0.15) is 0 Å². The van der Waals surface area contributed by atoms with Gasteiger partial charge in [-0.3, -0.25) is 9.78 Å². The average molecular weight is 327 g/mol. The number of hydrogen-bond donors (Lipinski definition) is 0. The SMILES string of the molecule is CN(CCc1ccncc1)c1cnc(C(=O)N2CCOCC2)cn1. The molecule has 3 rings (SSSR count). The third-order valence-corrected chi connectivity index (χ3v) is 4.03. The van der Waals surface area contributed by atoms with E-state index in [-0.39, 0.29) is 5.91 Å². The van der Waals surface area contributed by atoms with E-state index in [0.29, 0.717) is 32.0 Å². The van der Waals surface area contributed by atoms with Crippen molar-refractivity contribution in [3.05, 3.63) is 48.2 Å². The number of carbonyl (C=O) groups excluding carboxylic acids is 1. The minimum absolute atomic E-state index is 0.0863. The highest BCUT2D eigenvalue weighted by atomic mass is 16.5. The Labute approximate surface area is 141 Å². The molecule has 0 aromatic carbocycles. The van der Waals surface area contributed by atoms with Crippen molar-refractivity contribution in [2.45, 2.75) is 6.42 Å².